The third kappa shape index (κ3) is 1.28. The van der Waals surface area contributed by atoms with Crippen molar-refractivity contribution in [3.05, 3.63) is 6.42 Å². The minimum atomic E-state index is 1.11. The molecule has 2 fully saturated rings. The van der Waals surface area contributed by atoms with E-state index in [1.807, 2.05) is 0 Å². The number of hydrogen-bond donors (Lipinski definition) is 0. The van der Waals surface area contributed by atoms with Gasteiger partial charge in [-0.2, -0.15) is 0 Å². The molecule has 2 saturated carbocycles. The quantitative estimate of drug-likeness (QED) is 0.503. The molecular formula is C9H15. The Morgan fingerprint density at radius 2 is 1.89 bits per heavy atom. The van der Waals surface area contributed by atoms with Crippen LogP contribution in [0.3, 0.4) is 0 Å². The van der Waals surface area contributed by atoms with Crippen LogP contribution in [0.2, 0.25) is 0 Å². The molecule has 0 unspecified atom stereocenters. The zero-order valence-electron chi connectivity index (χ0n) is 5.97. The smallest absolute Gasteiger partial charge is 0.0383 e. The number of hydrogen-bond acceptors (Lipinski definition) is 0. The second kappa shape index (κ2) is 2.32. The second-order valence-corrected chi connectivity index (χ2v) is 3.55. The van der Waals surface area contributed by atoms with Crippen molar-refractivity contribution in [3.8, 4) is 0 Å². The molecule has 1 atom stereocenters. The maximum Gasteiger partial charge on any atom is -0.0383 e. The largest absolute Gasteiger partial charge is 0.0528 e. The summed E-state index contributed by atoms with van der Waals surface area (Å²) in [6.45, 7) is 0. The predicted molar refractivity (Wildman–Crippen MR) is 39.0 cm³/mol. The molecule has 2 aliphatic rings. The molecule has 0 heterocycles. The van der Waals surface area contributed by atoms with E-state index in [1.54, 1.807) is 12.8 Å². The Bertz CT molecular complexity index is 86.2. The third-order valence-corrected chi connectivity index (χ3v) is 2.74. The van der Waals surface area contributed by atoms with Crippen LogP contribution in [-0.2, 0) is 0 Å². The van der Waals surface area contributed by atoms with Crippen LogP contribution in [0.5, 0.6) is 0 Å². The standard InChI is InChI=1S/C9H15/c1-2-4-8(5-3-1)9-6-7-9/h2,8-9H,1,3-7H2/t8-/m0/s1. The molecule has 0 N–H and O–H groups in total. The van der Waals surface area contributed by atoms with E-state index >= 15 is 0 Å². The lowest BCUT2D eigenvalue weighted by molar-refractivity contribution is 0.370. The topological polar surface area (TPSA) is 0 Å². The highest BCUT2D eigenvalue weighted by molar-refractivity contribution is 4.87. The van der Waals surface area contributed by atoms with E-state index in [0.717, 1.165) is 11.8 Å². The van der Waals surface area contributed by atoms with Crippen LogP contribution in [0, 0.1) is 18.3 Å². The van der Waals surface area contributed by atoms with E-state index in [9.17, 15) is 0 Å². The van der Waals surface area contributed by atoms with Crippen LogP contribution in [0.25, 0.3) is 0 Å². The van der Waals surface area contributed by atoms with Gasteiger partial charge in [0.15, 0.2) is 0 Å². The van der Waals surface area contributed by atoms with E-state index in [1.165, 1.54) is 25.7 Å². The van der Waals surface area contributed by atoms with Gasteiger partial charge in [-0.15, -0.1) is 0 Å². The van der Waals surface area contributed by atoms with Crippen molar-refractivity contribution in [2.45, 2.75) is 38.5 Å². The van der Waals surface area contributed by atoms with Crippen molar-refractivity contribution in [2.75, 3.05) is 0 Å². The van der Waals surface area contributed by atoms with Crippen LogP contribution in [0.4, 0.5) is 0 Å². The zero-order chi connectivity index (χ0) is 6.10. The van der Waals surface area contributed by atoms with Gasteiger partial charge in [-0.25, -0.2) is 0 Å². The molecule has 0 aliphatic heterocycles. The maximum atomic E-state index is 2.49. The molecule has 0 spiro atoms. The highest BCUT2D eigenvalue weighted by Gasteiger charge is 2.31. The minimum absolute atomic E-state index is 1.11. The van der Waals surface area contributed by atoms with Gasteiger partial charge < -0.3 is 0 Å². The van der Waals surface area contributed by atoms with Crippen molar-refractivity contribution in [2.24, 2.45) is 11.8 Å². The van der Waals surface area contributed by atoms with Gasteiger partial charge in [-0.05, 0) is 37.5 Å². The first-order valence-corrected chi connectivity index (χ1v) is 4.28. The molecule has 0 bridgehead atoms. The molecule has 0 amide bonds. The summed E-state index contributed by atoms with van der Waals surface area (Å²) >= 11 is 0. The Morgan fingerprint density at radius 3 is 2.44 bits per heavy atom. The third-order valence-electron chi connectivity index (χ3n) is 2.74. The van der Waals surface area contributed by atoms with Gasteiger partial charge in [-0.1, -0.05) is 19.3 Å². The average Bonchev–Trinajstić information content (AvgIpc) is 2.71. The Hall–Kier alpha value is 0. The molecule has 0 aromatic rings. The SMILES string of the molecule is [CH]1CCC[C@@H](C2CC2)C1. The fourth-order valence-corrected chi connectivity index (χ4v) is 1.97. The summed E-state index contributed by atoms with van der Waals surface area (Å²) in [6.07, 6.45) is 11.4. The van der Waals surface area contributed by atoms with Crippen LogP contribution in [0.1, 0.15) is 38.5 Å². The fraction of sp³-hybridized carbons (Fsp3) is 0.889. The fourth-order valence-electron chi connectivity index (χ4n) is 1.97. The lowest BCUT2D eigenvalue weighted by Crippen LogP contribution is -2.07. The van der Waals surface area contributed by atoms with Crippen molar-refractivity contribution in [3.63, 3.8) is 0 Å². The average molecular weight is 123 g/mol. The Labute approximate surface area is 57.6 Å². The van der Waals surface area contributed by atoms with Crippen LogP contribution < -0.4 is 0 Å². The van der Waals surface area contributed by atoms with E-state index in [2.05, 4.69) is 6.42 Å². The molecule has 0 saturated heterocycles. The normalized spacial score (nSPS) is 30.7. The first-order chi connectivity index (χ1) is 4.47. The summed E-state index contributed by atoms with van der Waals surface area (Å²) in [6, 6.07) is 0. The molecular weight excluding hydrogens is 108 g/mol. The summed E-state index contributed by atoms with van der Waals surface area (Å²) in [5.74, 6) is 2.26. The highest BCUT2D eigenvalue weighted by Crippen LogP contribution is 2.43. The van der Waals surface area contributed by atoms with Crippen molar-refractivity contribution in [1.29, 1.82) is 0 Å². The van der Waals surface area contributed by atoms with Gasteiger partial charge in [0.2, 0.25) is 0 Å². The van der Waals surface area contributed by atoms with Crippen molar-refractivity contribution >= 4 is 0 Å². The summed E-state index contributed by atoms with van der Waals surface area (Å²) in [4.78, 5) is 0. The molecule has 9 heavy (non-hydrogen) atoms. The first kappa shape index (κ1) is 5.76. The highest BCUT2D eigenvalue weighted by atomic mass is 14.4. The van der Waals surface area contributed by atoms with Crippen LogP contribution in [-0.4, -0.2) is 0 Å². The van der Waals surface area contributed by atoms with Crippen molar-refractivity contribution < 1.29 is 0 Å². The minimum Gasteiger partial charge on any atom is -0.0528 e. The van der Waals surface area contributed by atoms with Gasteiger partial charge in [0.25, 0.3) is 0 Å². The van der Waals surface area contributed by atoms with E-state index < -0.39 is 0 Å². The van der Waals surface area contributed by atoms with Crippen LogP contribution >= 0.6 is 0 Å². The lowest BCUT2D eigenvalue weighted by Gasteiger charge is -2.20. The van der Waals surface area contributed by atoms with Gasteiger partial charge in [0.1, 0.15) is 0 Å². The number of rotatable bonds is 1. The van der Waals surface area contributed by atoms with E-state index in [4.69, 9.17) is 0 Å². The summed E-state index contributed by atoms with van der Waals surface area (Å²) < 4.78 is 0. The summed E-state index contributed by atoms with van der Waals surface area (Å²) in [5, 5.41) is 0. The van der Waals surface area contributed by atoms with E-state index in [0.29, 0.717) is 0 Å². The summed E-state index contributed by atoms with van der Waals surface area (Å²) in [5.41, 5.74) is 0. The molecule has 1 radical (unpaired) electrons. The Kier molecular flexibility index (Phi) is 1.48. The van der Waals surface area contributed by atoms with Crippen LogP contribution in [0.15, 0.2) is 0 Å². The van der Waals surface area contributed by atoms with Crippen molar-refractivity contribution in [1.82, 2.24) is 0 Å². The zero-order valence-corrected chi connectivity index (χ0v) is 5.97. The molecule has 0 aromatic carbocycles. The van der Waals surface area contributed by atoms with Gasteiger partial charge in [0, 0.05) is 0 Å². The molecule has 51 valence electrons. The molecule has 0 nitrogen and oxygen atoms in total. The lowest BCUT2D eigenvalue weighted by atomic mass is 9.86. The second-order valence-electron chi connectivity index (χ2n) is 3.55. The molecule has 0 heteroatoms. The Balaban J connectivity index is 1.80. The maximum absolute atomic E-state index is 2.49. The molecule has 0 aromatic heterocycles. The van der Waals surface area contributed by atoms with Gasteiger partial charge >= 0.3 is 0 Å². The summed E-state index contributed by atoms with van der Waals surface area (Å²) in [7, 11) is 0. The van der Waals surface area contributed by atoms with Gasteiger partial charge in [-0.3, -0.25) is 0 Å². The van der Waals surface area contributed by atoms with E-state index in [-0.39, 0.29) is 0 Å². The first-order valence-electron chi connectivity index (χ1n) is 4.28. The molecule has 2 aliphatic carbocycles. The van der Waals surface area contributed by atoms with Gasteiger partial charge in [0.05, 0.1) is 0 Å². The predicted octanol–water partition coefficient (Wildman–Crippen LogP) is 2.79. The monoisotopic (exact) mass is 123 g/mol. The Morgan fingerprint density at radius 1 is 1.00 bits per heavy atom. The molecule has 2 rings (SSSR count).